The van der Waals surface area contributed by atoms with Crippen LogP contribution in [0, 0.1) is 0 Å². The van der Waals surface area contributed by atoms with Crippen LogP contribution >= 0.6 is 0 Å². The summed E-state index contributed by atoms with van der Waals surface area (Å²) in [5.74, 6) is -0.199. The number of aliphatic imine (C=N–C) groups is 1. The summed E-state index contributed by atoms with van der Waals surface area (Å²) < 4.78 is 0. The number of carbonyl (C=O) groups excluding carboxylic acids is 2. The number of urea groups is 1. The lowest BCUT2D eigenvalue weighted by molar-refractivity contribution is -0.126. The van der Waals surface area contributed by atoms with E-state index in [-0.39, 0.29) is 12.3 Å². The maximum absolute atomic E-state index is 10.6. The Morgan fingerprint density at radius 2 is 2.33 bits per heavy atom. The molecular formula is C5H6N2O2. The minimum absolute atomic E-state index is 0.199. The van der Waals surface area contributed by atoms with Gasteiger partial charge in [0.05, 0.1) is 6.42 Å². The van der Waals surface area contributed by atoms with E-state index in [4.69, 9.17) is 0 Å². The molecule has 1 heterocycles. The molecule has 0 saturated carbocycles. The summed E-state index contributed by atoms with van der Waals surface area (Å²) in [5, 5.41) is 0. The summed E-state index contributed by atoms with van der Waals surface area (Å²) in [5.41, 5.74) is 0. The first kappa shape index (κ1) is 5.94. The van der Waals surface area contributed by atoms with Crippen LogP contribution in [-0.2, 0) is 4.79 Å². The van der Waals surface area contributed by atoms with E-state index in [1.54, 1.807) is 0 Å². The van der Waals surface area contributed by atoms with Gasteiger partial charge in [-0.3, -0.25) is 9.69 Å². The van der Waals surface area contributed by atoms with E-state index in [0.29, 0.717) is 0 Å². The molecule has 1 aliphatic heterocycles. The number of nitrogens with zero attached hydrogens (tertiary/aromatic N) is 2. The largest absolute Gasteiger partial charge is 0.349 e. The zero-order valence-corrected chi connectivity index (χ0v) is 5.00. The van der Waals surface area contributed by atoms with Crippen LogP contribution in [0.1, 0.15) is 6.42 Å². The highest BCUT2D eigenvalue weighted by Crippen LogP contribution is 1.97. The van der Waals surface area contributed by atoms with Crippen molar-refractivity contribution in [3.8, 4) is 0 Å². The van der Waals surface area contributed by atoms with E-state index < -0.39 is 6.03 Å². The third-order valence-electron chi connectivity index (χ3n) is 1.13. The van der Waals surface area contributed by atoms with Gasteiger partial charge in [-0.2, -0.15) is 0 Å². The van der Waals surface area contributed by atoms with E-state index in [2.05, 4.69) is 4.99 Å². The minimum Gasteiger partial charge on any atom is -0.274 e. The normalized spacial score (nSPS) is 19.0. The van der Waals surface area contributed by atoms with Crippen molar-refractivity contribution in [2.75, 3.05) is 7.05 Å². The van der Waals surface area contributed by atoms with Gasteiger partial charge in [0.2, 0.25) is 5.91 Å². The van der Waals surface area contributed by atoms with Gasteiger partial charge in [0.1, 0.15) is 0 Å². The van der Waals surface area contributed by atoms with Crippen LogP contribution in [0.25, 0.3) is 0 Å². The summed E-state index contributed by atoms with van der Waals surface area (Å²) in [7, 11) is 1.42. The quantitative estimate of drug-likeness (QED) is 0.460. The molecule has 0 aliphatic carbocycles. The molecule has 0 N–H and O–H groups in total. The number of hydrogen-bond acceptors (Lipinski definition) is 2. The van der Waals surface area contributed by atoms with E-state index in [9.17, 15) is 9.59 Å². The number of carbonyl (C=O) groups is 2. The van der Waals surface area contributed by atoms with Gasteiger partial charge in [0.15, 0.2) is 0 Å². The molecule has 0 aromatic rings. The summed E-state index contributed by atoms with van der Waals surface area (Å²) >= 11 is 0. The number of amides is 3. The van der Waals surface area contributed by atoms with Crippen LogP contribution < -0.4 is 0 Å². The Balaban J connectivity index is 2.81. The summed E-state index contributed by atoms with van der Waals surface area (Å²) in [6.45, 7) is 0. The van der Waals surface area contributed by atoms with E-state index in [1.165, 1.54) is 13.3 Å². The van der Waals surface area contributed by atoms with Crippen molar-refractivity contribution in [2.24, 2.45) is 4.99 Å². The van der Waals surface area contributed by atoms with Crippen molar-refractivity contribution >= 4 is 18.2 Å². The number of rotatable bonds is 0. The second-order valence-corrected chi connectivity index (χ2v) is 1.75. The fraction of sp³-hybridized carbons (Fsp3) is 0.400. The van der Waals surface area contributed by atoms with Gasteiger partial charge >= 0.3 is 6.03 Å². The smallest absolute Gasteiger partial charge is 0.274 e. The monoisotopic (exact) mass is 126 g/mol. The minimum atomic E-state index is -0.480. The summed E-state index contributed by atoms with van der Waals surface area (Å²) in [6, 6.07) is -0.480. The van der Waals surface area contributed by atoms with Crippen molar-refractivity contribution in [3.05, 3.63) is 0 Å². The molecule has 4 nitrogen and oxygen atoms in total. The molecule has 0 aromatic carbocycles. The lowest BCUT2D eigenvalue weighted by Crippen LogP contribution is -2.33. The fourth-order valence-corrected chi connectivity index (χ4v) is 0.532. The third-order valence-corrected chi connectivity index (χ3v) is 1.13. The van der Waals surface area contributed by atoms with Gasteiger partial charge in [-0.15, -0.1) is 0 Å². The van der Waals surface area contributed by atoms with E-state index in [0.717, 1.165) is 4.90 Å². The Kier molecular flexibility index (Phi) is 1.30. The predicted octanol–water partition coefficient (Wildman–Crippen LogP) is 0.0393. The average molecular weight is 126 g/mol. The lowest BCUT2D eigenvalue weighted by Gasteiger charge is -2.13. The molecule has 1 rings (SSSR count). The SMILES string of the molecule is CN1C(=O)CC=NC1=O. The first-order valence-electron chi connectivity index (χ1n) is 2.55. The van der Waals surface area contributed by atoms with Gasteiger partial charge in [0.25, 0.3) is 0 Å². The maximum Gasteiger partial charge on any atom is 0.349 e. The molecular weight excluding hydrogens is 120 g/mol. The van der Waals surface area contributed by atoms with Crippen LogP contribution in [0.3, 0.4) is 0 Å². The second kappa shape index (κ2) is 1.97. The highest BCUT2D eigenvalue weighted by molar-refractivity contribution is 6.06. The Morgan fingerprint density at radius 1 is 1.67 bits per heavy atom. The number of imide groups is 1. The maximum atomic E-state index is 10.6. The van der Waals surface area contributed by atoms with Crippen molar-refractivity contribution in [1.29, 1.82) is 0 Å². The van der Waals surface area contributed by atoms with Crippen molar-refractivity contribution < 1.29 is 9.59 Å². The summed E-state index contributed by atoms with van der Waals surface area (Å²) in [4.78, 5) is 25.5. The molecule has 4 heteroatoms. The molecule has 0 spiro atoms. The van der Waals surface area contributed by atoms with E-state index >= 15 is 0 Å². The first-order chi connectivity index (χ1) is 4.22. The Labute approximate surface area is 52.2 Å². The first-order valence-corrected chi connectivity index (χ1v) is 2.55. The average Bonchev–Trinajstić information content (AvgIpc) is 1.83. The van der Waals surface area contributed by atoms with E-state index in [1.807, 2.05) is 0 Å². The standard InChI is InChI=1S/C5H6N2O2/c1-7-4(8)2-3-6-5(7)9/h3H,2H2,1H3. The van der Waals surface area contributed by atoms with Crippen molar-refractivity contribution in [1.82, 2.24) is 4.90 Å². The topological polar surface area (TPSA) is 49.7 Å². The van der Waals surface area contributed by atoms with Crippen molar-refractivity contribution in [2.45, 2.75) is 6.42 Å². The van der Waals surface area contributed by atoms with Gasteiger partial charge in [-0.05, 0) is 0 Å². The van der Waals surface area contributed by atoms with Gasteiger partial charge < -0.3 is 0 Å². The highest BCUT2D eigenvalue weighted by Gasteiger charge is 2.17. The van der Waals surface area contributed by atoms with Gasteiger partial charge in [-0.1, -0.05) is 0 Å². The second-order valence-electron chi connectivity index (χ2n) is 1.75. The number of hydrogen-bond donors (Lipinski definition) is 0. The highest BCUT2D eigenvalue weighted by atomic mass is 16.2. The molecule has 3 amide bonds. The Morgan fingerprint density at radius 3 is 2.78 bits per heavy atom. The molecule has 0 atom stereocenters. The van der Waals surface area contributed by atoms with Crippen molar-refractivity contribution in [3.63, 3.8) is 0 Å². The third kappa shape index (κ3) is 0.960. The molecule has 1 aliphatic rings. The van der Waals surface area contributed by atoms with Crippen LogP contribution in [0.4, 0.5) is 4.79 Å². The van der Waals surface area contributed by atoms with Crippen LogP contribution in [0.5, 0.6) is 0 Å². The van der Waals surface area contributed by atoms with Gasteiger partial charge in [-0.25, -0.2) is 9.79 Å². The van der Waals surface area contributed by atoms with Crippen LogP contribution in [0.2, 0.25) is 0 Å². The molecule has 0 saturated heterocycles. The molecule has 0 aromatic heterocycles. The Hall–Kier alpha value is -1.19. The van der Waals surface area contributed by atoms with Crippen LogP contribution in [-0.4, -0.2) is 30.1 Å². The Bertz CT molecular complexity index is 185. The zero-order valence-electron chi connectivity index (χ0n) is 5.00. The predicted molar refractivity (Wildman–Crippen MR) is 31.3 cm³/mol. The molecule has 9 heavy (non-hydrogen) atoms. The fourth-order valence-electron chi connectivity index (χ4n) is 0.532. The molecule has 48 valence electrons. The molecule has 0 fully saturated rings. The molecule has 0 bridgehead atoms. The lowest BCUT2D eigenvalue weighted by atomic mass is 10.4. The molecule has 0 radical (unpaired) electrons. The zero-order chi connectivity index (χ0) is 6.85. The molecule has 0 unspecified atom stereocenters. The van der Waals surface area contributed by atoms with Gasteiger partial charge in [0, 0.05) is 13.3 Å². The van der Waals surface area contributed by atoms with Crippen LogP contribution in [0.15, 0.2) is 4.99 Å². The summed E-state index contributed by atoms with van der Waals surface area (Å²) in [6.07, 6.45) is 1.56.